The Morgan fingerprint density at radius 1 is 1.25 bits per heavy atom. The maximum atomic E-state index is 12.6. The lowest BCUT2D eigenvalue weighted by atomic mass is 9.79. The summed E-state index contributed by atoms with van der Waals surface area (Å²) in [5.74, 6) is 2.40. The number of nitrogens with one attached hydrogen (secondary N) is 1. The first kappa shape index (κ1) is 14.3. The standard InChI is InChI=1S/C15H24N2O2S/c16-13(20)15(5-7-19-8-6-15)14(18)17-9-12(10-1-2-10)11-3-4-11/h10-12H,1-9H2,(H2,16,20)(H,17,18). The third-order valence-corrected chi connectivity index (χ3v) is 5.60. The molecule has 1 heterocycles. The summed E-state index contributed by atoms with van der Waals surface area (Å²) >= 11 is 5.17. The van der Waals surface area contributed by atoms with Gasteiger partial charge in [-0.25, -0.2) is 0 Å². The van der Waals surface area contributed by atoms with Gasteiger partial charge in [0.1, 0.15) is 5.41 Å². The number of hydrogen-bond acceptors (Lipinski definition) is 3. The fourth-order valence-corrected chi connectivity index (χ4v) is 3.75. The highest BCUT2D eigenvalue weighted by molar-refractivity contribution is 7.80. The van der Waals surface area contributed by atoms with Crippen molar-refractivity contribution in [3.63, 3.8) is 0 Å². The summed E-state index contributed by atoms with van der Waals surface area (Å²) in [6.07, 6.45) is 6.59. The summed E-state index contributed by atoms with van der Waals surface area (Å²) in [5.41, 5.74) is 5.19. The number of carbonyl (C=O) groups is 1. The van der Waals surface area contributed by atoms with Crippen LogP contribution in [0.2, 0.25) is 0 Å². The number of hydrogen-bond donors (Lipinski definition) is 2. The molecule has 3 rings (SSSR count). The zero-order valence-electron chi connectivity index (χ0n) is 11.9. The average Bonchev–Trinajstić information content (AvgIpc) is 3.32. The van der Waals surface area contributed by atoms with Crippen LogP contribution in [0.15, 0.2) is 0 Å². The van der Waals surface area contributed by atoms with Gasteiger partial charge in [-0.05, 0) is 56.3 Å². The van der Waals surface area contributed by atoms with Gasteiger partial charge in [0, 0.05) is 19.8 Å². The first-order valence-corrected chi connectivity index (χ1v) is 8.20. The molecule has 0 aromatic rings. The van der Waals surface area contributed by atoms with Gasteiger partial charge >= 0.3 is 0 Å². The normalized spacial score (nSPS) is 25.4. The first-order chi connectivity index (χ1) is 9.63. The van der Waals surface area contributed by atoms with Crippen molar-refractivity contribution in [3.8, 4) is 0 Å². The molecule has 4 nitrogen and oxygen atoms in total. The number of ether oxygens (including phenoxy) is 1. The van der Waals surface area contributed by atoms with Gasteiger partial charge in [-0.1, -0.05) is 12.2 Å². The number of amides is 1. The highest BCUT2D eigenvalue weighted by Crippen LogP contribution is 2.49. The van der Waals surface area contributed by atoms with Gasteiger partial charge < -0.3 is 15.8 Å². The fraction of sp³-hybridized carbons (Fsp3) is 0.867. The number of carbonyl (C=O) groups excluding carboxylic acids is 1. The van der Waals surface area contributed by atoms with Crippen LogP contribution in [0.5, 0.6) is 0 Å². The Morgan fingerprint density at radius 3 is 2.25 bits per heavy atom. The second-order valence-corrected chi connectivity index (χ2v) is 7.05. The van der Waals surface area contributed by atoms with Crippen LogP contribution < -0.4 is 11.1 Å². The van der Waals surface area contributed by atoms with E-state index in [0.717, 1.165) is 18.4 Å². The second-order valence-electron chi connectivity index (χ2n) is 6.61. The van der Waals surface area contributed by atoms with Crippen molar-refractivity contribution >= 4 is 23.1 Å². The summed E-state index contributed by atoms with van der Waals surface area (Å²) in [6, 6.07) is 0. The molecule has 2 aliphatic carbocycles. The molecule has 3 N–H and O–H groups in total. The molecule has 1 amide bonds. The number of thiocarbonyl (C=S) groups is 1. The third-order valence-electron chi connectivity index (χ3n) is 5.21. The summed E-state index contributed by atoms with van der Waals surface area (Å²) in [6.45, 7) is 1.94. The molecule has 3 fully saturated rings. The topological polar surface area (TPSA) is 64.4 Å². The van der Waals surface area contributed by atoms with Gasteiger partial charge in [0.15, 0.2) is 0 Å². The summed E-state index contributed by atoms with van der Waals surface area (Å²) in [4.78, 5) is 12.9. The molecule has 0 bridgehead atoms. The van der Waals surface area contributed by atoms with Crippen LogP contribution in [0, 0.1) is 23.2 Å². The lowest BCUT2D eigenvalue weighted by Gasteiger charge is -2.35. The van der Waals surface area contributed by atoms with Crippen LogP contribution in [0.4, 0.5) is 0 Å². The molecule has 0 spiro atoms. The van der Waals surface area contributed by atoms with E-state index < -0.39 is 5.41 Å². The van der Waals surface area contributed by atoms with Crippen molar-refractivity contribution in [2.75, 3.05) is 19.8 Å². The summed E-state index contributed by atoms with van der Waals surface area (Å²) in [5, 5.41) is 3.16. The van der Waals surface area contributed by atoms with E-state index in [4.69, 9.17) is 22.7 Å². The highest BCUT2D eigenvalue weighted by atomic mass is 32.1. The second kappa shape index (κ2) is 5.60. The van der Waals surface area contributed by atoms with E-state index in [1.165, 1.54) is 25.7 Å². The van der Waals surface area contributed by atoms with E-state index in [-0.39, 0.29) is 5.91 Å². The zero-order valence-corrected chi connectivity index (χ0v) is 12.7. The molecule has 2 saturated carbocycles. The summed E-state index contributed by atoms with van der Waals surface area (Å²) < 4.78 is 5.35. The van der Waals surface area contributed by atoms with Gasteiger partial charge in [0.2, 0.25) is 5.91 Å². The Kier molecular flexibility index (Phi) is 4.00. The van der Waals surface area contributed by atoms with Crippen LogP contribution >= 0.6 is 12.2 Å². The van der Waals surface area contributed by atoms with Crippen molar-refractivity contribution in [3.05, 3.63) is 0 Å². The minimum Gasteiger partial charge on any atom is -0.392 e. The predicted octanol–water partition coefficient (Wildman–Crippen LogP) is 1.62. The van der Waals surface area contributed by atoms with Crippen molar-refractivity contribution in [1.82, 2.24) is 5.32 Å². The number of nitrogens with two attached hydrogens (primary N) is 1. The van der Waals surface area contributed by atoms with Crippen LogP contribution in [-0.4, -0.2) is 30.7 Å². The van der Waals surface area contributed by atoms with Crippen molar-refractivity contribution < 1.29 is 9.53 Å². The zero-order chi connectivity index (χ0) is 14.2. The van der Waals surface area contributed by atoms with E-state index >= 15 is 0 Å². The van der Waals surface area contributed by atoms with Crippen LogP contribution in [-0.2, 0) is 9.53 Å². The fourth-order valence-electron chi connectivity index (χ4n) is 3.45. The Bertz CT molecular complexity index is 387. The lowest BCUT2D eigenvalue weighted by molar-refractivity contribution is -0.131. The molecule has 1 saturated heterocycles. The quantitative estimate of drug-likeness (QED) is 0.731. The highest BCUT2D eigenvalue weighted by Gasteiger charge is 2.45. The molecule has 0 unspecified atom stereocenters. The lowest BCUT2D eigenvalue weighted by Crippen LogP contribution is -2.52. The molecule has 0 aromatic heterocycles. The Balaban J connectivity index is 1.60. The molecule has 20 heavy (non-hydrogen) atoms. The molecular weight excluding hydrogens is 272 g/mol. The molecule has 0 atom stereocenters. The molecule has 112 valence electrons. The average molecular weight is 296 g/mol. The van der Waals surface area contributed by atoms with Crippen molar-refractivity contribution in [2.24, 2.45) is 28.9 Å². The van der Waals surface area contributed by atoms with E-state index in [1.807, 2.05) is 0 Å². The van der Waals surface area contributed by atoms with E-state index in [2.05, 4.69) is 5.32 Å². The van der Waals surface area contributed by atoms with Gasteiger partial charge in [-0.3, -0.25) is 4.79 Å². The van der Waals surface area contributed by atoms with Crippen LogP contribution in [0.25, 0.3) is 0 Å². The molecule has 0 radical (unpaired) electrons. The number of rotatable bonds is 6. The van der Waals surface area contributed by atoms with Gasteiger partial charge in [-0.15, -0.1) is 0 Å². The van der Waals surface area contributed by atoms with Gasteiger partial charge in [-0.2, -0.15) is 0 Å². The minimum absolute atomic E-state index is 0.0274. The first-order valence-electron chi connectivity index (χ1n) is 7.79. The van der Waals surface area contributed by atoms with Crippen molar-refractivity contribution in [2.45, 2.75) is 38.5 Å². The molecular formula is C15H24N2O2S. The maximum Gasteiger partial charge on any atom is 0.233 e. The molecule has 0 aromatic carbocycles. The Hall–Kier alpha value is -0.680. The third kappa shape index (κ3) is 2.84. The SMILES string of the molecule is NC(=S)C1(C(=O)NCC(C2CC2)C2CC2)CCOCC1. The Morgan fingerprint density at radius 2 is 1.80 bits per heavy atom. The van der Waals surface area contributed by atoms with E-state index in [9.17, 15) is 4.79 Å². The van der Waals surface area contributed by atoms with Crippen molar-refractivity contribution in [1.29, 1.82) is 0 Å². The van der Waals surface area contributed by atoms with E-state index in [1.54, 1.807) is 0 Å². The molecule has 3 aliphatic rings. The molecule has 5 heteroatoms. The van der Waals surface area contributed by atoms with E-state index in [0.29, 0.717) is 37.0 Å². The largest absolute Gasteiger partial charge is 0.392 e. The van der Waals surface area contributed by atoms with Gasteiger partial charge in [0.25, 0.3) is 0 Å². The van der Waals surface area contributed by atoms with Crippen LogP contribution in [0.3, 0.4) is 0 Å². The monoisotopic (exact) mass is 296 g/mol. The Labute approximate surface area is 125 Å². The minimum atomic E-state index is -0.675. The molecule has 1 aliphatic heterocycles. The summed E-state index contributed by atoms with van der Waals surface area (Å²) in [7, 11) is 0. The predicted molar refractivity (Wildman–Crippen MR) is 81.2 cm³/mol. The van der Waals surface area contributed by atoms with Crippen LogP contribution in [0.1, 0.15) is 38.5 Å². The smallest absolute Gasteiger partial charge is 0.233 e. The maximum absolute atomic E-state index is 12.6. The van der Waals surface area contributed by atoms with Gasteiger partial charge in [0.05, 0.1) is 4.99 Å².